The van der Waals surface area contributed by atoms with Crippen molar-refractivity contribution in [2.45, 2.75) is 72.0 Å². The molecule has 0 unspecified atom stereocenters. The van der Waals surface area contributed by atoms with Crippen molar-refractivity contribution in [1.82, 2.24) is 0 Å². The first kappa shape index (κ1) is 16.3. The van der Waals surface area contributed by atoms with Crippen molar-refractivity contribution in [2.24, 2.45) is 28.1 Å². The third kappa shape index (κ3) is 2.14. The van der Waals surface area contributed by atoms with Crippen LogP contribution in [0.5, 0.6) is 0 Å². The molecule has 0 heterocycles. The number of allylic oxidation sites excluding steroid dienone is 1. The summed E-state index contributed by atoms with van der Waals surface area (Å²) >= 11 is 0. The maximum atomic E-state index is 10.9. The standard InChI is InChI=1S/C20H32O2/c1-6-19(4)9-10-20(5)13(12-19)11-15(21)17-14(20)7-8-16(22)18(17,2)3/h6-7,13,15-17,21-22H,1,8-12H2,2-5H3/t13-,15+,16-,17-,19-,20-/m1/s1. The van der Waals surface area contributed by atoms with Gasteiger partial charge < -0.3 is 10.2 Å². The average Bonchev–Trinajstić information content (AvgIpc) is 2.45. The Balaban J connectivity index is 2.00. The van der Waals surface area contributed by atoms with Gasteiger partial charge in [-0.25, -0.2) is 0 Å². The number of hydrogen-bond donors (Lipinski definition) is 2. The Morgan fingerprint density at radius 2 is 1.86 bits per heavy atom. The van der Waals surface area contributed by atoms with Gasteiger partial charge >= 0.3 is 0 Å². The summed E-state index contributed by atoms with van der Waals surface area (Å²) in [7, 11) is 0. The van der Waals surface area contributed by atoms with Gasteiger partial charge in [0.2, 0.25) is 0 Å². The lowest BCUT2D eigenvalue weighted by Gasteiger charge is -2.60. The van der Waals surface area contributed by atoms with E-state index in [-0.39, 0.29) is 34.4 Å². The molecular formula is C20H32O2. The van der Waals surface area contributed by atoms with Gasteiger partial charge in [0.05, 0.1) is 12.2 Å². The number of rotatable bonds is 1. The Kier molecular flexibility index (Phi) is 3.66. The summed E-state index contributed by atoms with van der Waals surface area (Å²) in [4.78, 5) is 0. The highest BCUT2D eigenvalue weighted by Crippen LogP contribution is 2.63. The molecule has 124 valence electrons. The SMILES string of the molecule is C=C[C@]1(C)CC[C@@]2(C)C3=CC[C@@H](O)C(C)(C)[C@H]3[C@@H](O)C[C@@H]2C1. The molecule has 0 aliphatic heterocycles. The number of aliphatic hydroxyl groups is 2. The molecule has 0 saturated heterocycles. The van der Waals surface area contributed by atoms with Crippen molar-refractivity contribution < 1.29 is 10.2 Å². The summed E-state index contributed by atoms with van der Waals surface area (Å²) in [5, 5.41) is 21.3. The van der Waals surface area contributed by atoms with Crippen LogP contribution in [0.25, 0.3) is 0 Å². The van der Waals surface area contributed by atoms with Crippen LogP contribution in [-0.2, 0) is 0 Å². The molecule has 22 heavy (non-hydrogen) atoms. The maximum absolute atomic E-state index is 10.9. The second kappa shape index (κ2) is 4.95. The second-order valence-electron chi connectivity index (χ2n) is 9.19. The molecule has 3 aliphatic rings. The van der Waals surface area contributed by atoms with Crippen molar-refractivity contribution >= 4 is 0 Å². The minimum atomic E-state index is -0.349. The van der Waals surface area contributed by atoms with Gasteiger partial charge in [0.15, 0.2) is 0 Å². The van der Waals surface area contributed by atoms with Crippen LogP contribution in [0.15, 0.2) is 24.3 Å². The molecule has 0 spiro atoms. The zero-order valence-corrected chi connectivity index (χ0v) is 14.6. The fraction of sp³-hybridized carbons (Fsp3) is 0.800. The predicted octanol–water partition coefficient (Wildman–Crippen LogP) is 4.08. The zero-order valence-electron chi connectivity index (χ0n) is 14.6. The van der Waals surface area contributed by atoms with Crippen molar-refractivity contribution in [3.05, 3.63) is 24.3 Å². The molecule has 6 atom stereocenters. The molecule has 0 aromatic heterocycles. The highest BCUT2D eigenvalue weighted by molar-refractivity contribution is 5.30. The highest BCUT2D eigenvalue weighted by Gasteiger charge is 2.57. The van der Waals surface area contributed by atoms with E-state index in [1.807, 2.05) is 0 Å². The molecule has 0 bridgehead atoms. The van der Waals surface area contributed by atoms with Crippen molar-refractivity contribution in [3.8, 4) is 0 Å². The lowest BCUT2D eigenvalue weighted by Crippen LogP contribution is -2.56. The van der Waals surface area contributed by atoms with Gasteiger partial charge in [-0.1, -0.05) is 45.4 Å². The van der Waals surface area contributed by atoms with E-state index in [0.29, 0.717) is 5.92 Å². The zero-order chi connectivity index (χ0) is 16.3. The van der Waals surface area contributed by atoms with Gasteiger partial charge in [0.1, 0.15) is 0 Å². The Hall–Kier alpha value is -0.600. The maximum Gasteiger partial charge on any atom is 0.0632 e. The number of aliphatic hydroxyl groups excluding tert-OH is 2. The molecular weight excluding hydrogens is 272 g/mol. The van der Waals surface area contributed by atoms with Crippen LogP contribution in [0.1, 0.15) is 59.8 Å². The largest absolute Gasteiger partial charge is 0.392 e. The summed E-state index contributed by atoms with van der Waals surface area (Å²) in [5.41, 5.74) is 1.58. The summed E-state index contributed by atoms with van der Waals surface area (Å²) < 4.78 is 0. The van der Waals surface area contributed by atoms with E-state index in [9.17, 15) is 10.2 Å². The van der Waals surface area contributed by atoms with Crippen LogP contribution in [0.4, 0.5) is 0 Å². The van der Waals surface area contributed by atoms with Gasteiger partial charge in [-0.2, -0.15) is 0 Å². The fourth-order valence-electron chi connectivity index (χ4n) is 5.54. The molecule has 0 aromatic carbocycles. The Morgan fingerprint density at radius 1 is 1.18 bits per heavy atom. The third-order valence-electron chi connectivity index (χ3n) is 7.45. The van der Waals surface area contributed by atoms with Gasteiger partial charge in [0.25, 0.3) is 0 Å². The Labute approximate surface area is 135 Å². The van der Waals surface area contributed by atoms with E-state index in [1.165, 1.54) is 18.4 Å². The third-order valence-corrected chi connectivity index (χ3v) is 7.45. The molecule has 2 saturated carbocycles. The normalized spacial score (nSPS) is 50.5. The molecule has 0 radical (unpaired) electrons. The van der Waals surface area contributed by atoms with E-state index in [0.717, 1.165) is 19.3 Å². The van der Waals surface area contributed by atoms with Crippen LogP contribution in [0, 0.1) is 28.1 Å². The number of fused-ring (bicyclic) bond motifs is 3. The van der Waals surface area contributed by atoms with Crippen molar-refractivity contribution in [3.63, 3.8) is 0 Å². The van der Waals surface area contributed by atoms with E-state index in [2.05, 4.69) is 46.4 Å². The van der Waals surface area contributed by atoms with Crippen molar-refractivity contribution in [1.29, 1.82) is 0 Å². The Morgan fingerprint density at radius 3 is 2.50 bits per heavy atom. The monoisotopic (exact) mass is 304 g/mol. The molecule has 3 aliphatic carbocycles. The van der Waals surface area contributed by atoms with E-state index >= 15 is 0 Å². The molecule has 2 nitrogen and oxygen atoms in total. The van der Waals surface area contributed by atoms with E-state index in [4.69, 9.17) is 0 Å². The predicted molar refractivity (Wildman–Crippen MR) is 90.4 cm³/mol. The van der Waals surface area contributed by atoms with E-state index in [1.54, 1.807) is 0 Å². The summed E-state index contributed by atoms with van der Waals surface area (Å²) in [6.07, 6.45) is 8.75. The van der Waals surface area contributed by atoms with Crippen LogP contribution < -0.4 is 0 Å². The quantitative estimate of drug-likeness (QED) is 0.717. The molecule has 2 N–H and O–H groups in total. The number of hydrogen-bond acceptors (Lipinski definition) is 2. The minimum Gasteiger partial charge on any atom is -0.392 e. The van der Waals surface area contributed by atoms with Gasteiger partial charge in [0, 0.05) is 5.92 Å². The molecule has 3 rings (SSSR count). The smallest absolute Gasteiger partial charge is 0.0632 e. The van der Waals surface area contributed by atoms with Gasteiger partial charge in [-0.05, 0) is 54.3 Å². The van der Waals surface area contributed by atoms with Crippen LogP contribution in [0.3, 0.4) is 0 Å². The topological polar surface area (TPSA) is 40.5 Å². The molecule has 2 heteroatoms. The molecule has 0 amide bonds. The van der Waals surface area contributed by atoms with Crippen molar-refractivity contribution in [2.75, 3.05) is 0 Å². The summed E-state index contributed by atoms with van der Waals surface area (Å²) in [6, 6.07) is 0. The Bertz CT molecular complexity index is 506. The highest BCUT2D eigenvalue weighted by atomic mass is 16.3. The lowest BCUT2D eigenvalue weighted by atomic mass is 9.46. The second-order valence-corrected chi connectivity index (χ2v) is 9.19. The van der Waals surface area contributed by atoms with Crippen LogP contribution in [0.2, 0.25) is 0 Å². The summed E-state index contributed by atoms with van der Waals surface area (Å²) in [5.74, 6) is 0.624. The van der Waals surface area contributed by atoms with Gasteiger partial charge in [-0.15, -0.1) is 6.58 Å². The van der Waals surface area contributed by atoms with Crippen LogP contribution >= 0.6 is 0 Å². The average molecular weight is 304 g/mol. The summed E-state index contributed by atoms with van der Waals surface area (Å²) in [6.45, 7) is 13.0. The first-order valence-corrected chi connectivity index (χ1v) is 8.84. The lowest BCUT2D eigenvalue weighted by molar-refractivity contribution is -0.0966. The van der Waals surface area contributed by atoms with Gasteiger partial charge in [-0.3, -0.25) is 0 Å². The first-order chi connectivity index (χ1) is 10.1. The molecule has 2 fully saturated rings. The van der Waals surface area contributed by atoms with Crippen LogP contribution in [-0.4, -0.2) is 22.4 Å². The minimum absolute atomic E-state index is 0.102. The fourth-order valence-corrected chi connectivity index (χ4v) is 5.54. The molecule has 0 aromatic rings. The van der Waals surface area contributed by atoms with E-state index < -0.39 is 0 Å². The first-order valence-electron chi connectivity index (χ1n) is 8.84.